The number of nitrogens with zero attached hydrogens (tertiary/aromatic N) is 1. The lowest BCUT2D eigenvalue weighted by molar-refractivity contribution is -0.127. The van der Waals surface area contributed by atoms with Crippen molar-refractivity contribution >= 4 is 11.6 Å². The van der Waals surface area contributed by atoms with Gasteiger partial charge in [0, 0.05) is 12.7 Å². The van der Waals surface area contributed by atoms with Gasteiger partial charge in [-0.15, -0.1) is 0 Å². The van der Waals surface area contributed by atoms with Crippen molar-refractivity contribution in [3.05, 3.63) is 58.7 Å². The number of methoxy groups -OCH3 is 2. The molecule has 6 nitrogen and oxygen atoms in total. The van der Waals surface area contributed by atoms with Crippen LogP contribution in [0.15, 0.2) is 41.5 Å². The number of aryl methyl sites for hydroxylation is 1. The maximum atomic E-state index is 12.4. The van der Waals surface area contributed by atoms with E-state index < -0.39 is 6.10 Å². The Bertz CT molecular complexity index is 862. The number of amides is 1. The Morgan fingerprint density at radius 1 is 1.14 bits per heavy atom. The van der Waals surface area contributed by atoms with Gasteiger partial charge < -0.3 is 14.2 Å². The summed E-state index contributed by atoms with van der Waals surface area (Å²) in [5.41, 5.74) is 7.17. The van der Waals surface area contributed by atoms with Gasteiger partial charge >= 0.3 is 0 Å². The van der Waals surface area contributed by atoms with Gasteiger partial charge in [-0.3, -0.25) is 4.79 Å². The van der Waals surface area contributed by atoms with Gasteiger partial charge in [0.25, 0.3) is 5.91 Å². The number of carbonyl (C=O) groups excluding carboxylic acids is 1. The van der Waals surface area contributed by atoms with Crippen LogP contribution in [0.3, 0.4) is 0 Å². The first-order valence-electron chi connectivity index (χ1n) is 9.10. The molecule has 1 amide bonds. The van der Waals surface area contributed by atoms with Crippen LogP contribution < -0.4 is 14.9 Å². The number of hydrogen-bond donors (Lipinski definition) is 1. The van der Waals surface area contributed by atoms with Crippen LogP contribution in [0, 0.1) is 13.8 Å². The molecule has 1 N–H and O–H groups in total. The molecule has 0 heterocycles. The molecular weight excluding hydrogens is 356 g/mol. The highest BCUT2D eigenvalue weighted by atomic mass is 16.5. The van der Waals surface area contributed by atoms with Gasteiger partial charge in [0.1, 0.15) is 11.5 Å². The van der Waals surface area contributed by atoms with Gasteiger partial charge in [0.15, 0.2) is 6.10 Å². The van der Waals surface area contributed by atoms with E-state index >= 15 is 0 Å². The molecule has 0 aromatic heterocycles. The van der Waals surface area contributed by atoms with Crippen molar-refractivity contribution in [1.82, 2.24) is 5.43 Å². The van der Waals surface area contributed by atoms with Crippen molar-refractivity contribution in [3.8, 4) is 11.5 Å². The second kappa shape index (κ2) is 9.90. The molecule has 0 saturated heterocycles. The molecule has 2 aromatic rings. The molecule has 150 valence electrons. The number of ether oxygens (including phenoxy) is 3. The maximum Gasteiger partial charge on any atom is 0.280 e. The molecule has 0 bridgehead atoms. The number of nitrogens with one attached hydrogen (secondary N) is 1. The second-order valence-electron chi connectivity index (χ2n) is 6.59. The molecule has 0 fully saturated rings. The van der Waals surface area contributed by atoms with Crippen LogP contribution in [0.25, 0.3) is 0 Å². The molecule has 6 heteroatoms. The smallest absolute Gasteiger partial charge is 0.280 e. The largest absolute Gasteiger partial charge is 0.496 e. The first-order valence-corrected chi connectivity index (χ1v) is 9.10. The molecule has 28 heavy (non-hydrogen) atoms. The van der Waals surface area contributed by atoms with E-state index in [1.54, 1.807) is 21.1 Å². The van der Waals surface area contributed by atoms with Crippen molar-refractivity contribution < 1.29 is 19.0 Å². The van der Waals surface area contributed by atoms with E-state index in [2.05, 4.69) is 10.5 Å². The highest BCUT2D eigenvalue weighted by Crippen LogP contribution is 2.22. The van der Waals surface area contributed by atoms with Gasteiger partial charge in [-0.05, 0) is 68.7 Å². The van der Waals surface area contributed by atoms with Gasteiger partial charge in [0.05, 0.1) is 19.4 Å². The van der Waals surface area contributed by atoms with Crippen LogP contribution >= 0.6 is 0 Å². The zero-order chi connectivity index (χ0) is 20.7. The van der Waals surface area contributed by atoms with Gasteiger partial charge in [-0.2, -0.15) is 5.10 Å². The quantitative estimate of drug-likeness (QED) is 0.556. The lowest BCUT2D eigenvalue weighted by Crippen LogP contribution is -2.34. The lowest BCUT2D eigenvalue weighted by Gasteiger charge is -2.16. The van der Waals surface area contributed by atoms with Crippen LogP contribution in [-0.4, -0.2) is 31.9 Å². The highest BCUT2D eigenvalue weighted by molar-refractivity contribution is 5.99. The highest BCUT2D eigenvalue weighted by Gasteiger charge is 2.16. The summed E-state index contributed by atoms with van der Waals surface area (Å²) in [7, 11) is 3.25. The van der Waals surface area contributed by atoms with E-state index in [1.165, 1.54) is 0 Å². The normalized spacial score (nSPS) is 12.4. The summed E-state index contributed by atoms with van der Waals surface area (Å²) in [6, 6.07) is 11.5. The molecule has 0 saturated carbocycles. The van der Waals surface area contributed by atoms with E-state index in [1.807, 2.05) is 57.2 Å². The molecule has 2 rings (SSSR count). The molecule has 0 aliphatic heterocycles. The minimum atomic E-state index is -0.669. The summed E-state index contributed by atoms with van der Waals surface area (Å²) in [6.45, 7) is 7.93. The summed E-state index contributed by atoms with van der Waals surface area (Å²) >= 11 is 0. The summed E-state index contributed by atoms with van der Waals surface area (Å²) < 4.78 is 16.3. The number of benzene rings is 2. The van der Waals surface area contributed by atoms with E-state index in [-0.39, 0.29) is 5.91 Å². The average Bonchev–Trinajstić information content (AvgIpc) is 2.69. The van der Waals surface area contributed by atoms with E-state index in [9.17, 15) is 4.79 Å². The van der Waals surface area contributed by atoms with Gasteiger partial charge in [0.2, 0.25) is 0 Å². The number of rotatable bonds is 8. The van der Waals surface area contributed by atoms with Crippen molar-refractivity contribution in [2.75, 3.05) is 14.2 Å². The maximum absolute atomic E-state index is 12.4. The Morgan fingerprint density at radius 2 is 1.89 bits per heavy atom. The molecule has 1 atom stereocenters. The number of hydrazone groups is 1. The third kappa shape index (κ3) is 5.33. The second-order valence-corrected chi connectivity index (χ2v) is 6.59. The van der Waals surface area contributed by atoms with Gasteiger partial charge in [-0.25, -0.2) is 5.43 Å². The van der Waals surface area contributed by atoms with Crippen LogP contribution in [-0.2, 0) is 16.1 Å². The van der Waals surface area contributed by atoms with Crippen LogP contribution in [0.2, 0.25) is 0 Å². The molecule has 0 aliphatic carbocycles. The minimum absolute atomic E-state index is 0.314. The predicted octanol–water partition coefficient (Wildman–Crippen LogP) is 3.77. The fourth-order valence-electron chi connectivity index (χ4n) is 2.66. The van der Waals surface area contributed by atoms with Crippen LogP contribution in [0.1, 0.15) is 36.1 Å². The summed E-state index contributed by atoms with van der Waals surface area (Å²) in [4.78, 5) is 12.4. The molecule has 0 aliphatic rings. The standard InChI is InChI=1S/C22H28N2O4/c1-14-8-7-9-20(15(14)2)28-17(4)22(25)24-23-16(3)18-10-11-21(27-6)19(12-18)13-26-5/h7-12,17H,13H2,1-6H3,(H,24,25)/b23-16-/t17-/m0/s1. The Balaban J connectivity index is 2.06. The van der Waals surface area contributed by atoms with Crippen molar-refractivity contribution in [2.24, 2.45) is 5.10 Å². The van der Waals surface area contributed by atoms with E-state index in [4.69, 9.17) is 14.2 Å². The Morgan fingerprint density at radius 3 is 2.57 bits per heavy atom. The zero-order valence-electron chi connectivity index (χ0n) is 17.3. The summed E-state index contributed by atoms with van der Waals surface area (Å²) in [6.07, 6.45) is -0.669. The Labute approximate surface area is 166 Å². The first kappa shape index (κ1) is 21.4. The zero-order valence-corrected chi connectivity index (χ0v) is 17.3. The lowest BCUT2D eigenvalue weighted by atomic mass is 10.1. The minimum Gasteiger partial charge on any atom is -0.496 e. The predicted molar refractivity (Wildman–Crippen MR) is 110 cm³/mol. The first-order chi connectivity index (χ1) is 13.4. The number of carbonyl (C=O) groups is 1. The SMILES string of the molecule is COCc1cc(/C(C)=N\NC(=O)[C@H](C)Oc2cccc(C)c2C)ccc1OC. The van der Waals surface area contributed by atoms with Crippen molar-refractivity contribution in [3.63, 3.8) is 0 Å². The molecule has 2 aromatic carbocycles. The van der Waals surface area contributed by atoms with Crippen LogP contribution in [0.5, 0.6) is 11.5 Å². The fraction of sp³-hybridized carbons (Fsp3) is 0.364. The number of hydrogen-bond acceptors (Lipinski definition) is 5. The van der Waals surface area contributed by atoms with E-state index in [0.29, 0.717) is 18.1 Å². The Kier molecular flexibility index (Phi) is 7.58. The molecular formula is C22H28N2O4. The fourth-order valence-corrected chi connectivity index (χ4v) is 2.66. The Hall–Kier alpha value is -2.86. The monoisotopic (exact) mass is 384 g/mol. The summed E-state index contributed by atoms with van der Waals surface area (Å²) in [5, 5.41) is 4.21. The third-order valence-electron chi connectivity index (χ3n) is 4.56. The average molecular weight is 384 g/mol. The molecule has 0 unspecified atom stereocenters. The van der Waals surface area contributed by atoms with Crippen LogP contribution in [0.4, 0.5) is 0 Å². The third-order valence-corrected chi connectivity index (χ3v) is 4.56. The van der Waals surface area contributed by atoms with Crippen molar-refractivity contribution in [2.45, 2.75) is 40.4 Å². The van der Waals surface area contributed by atoms with Crippen molar-refractivity contribution in [1.29, 1.82) is 0 Å². The molecule has 0 radical (unpaired) electrons. The van der Waals surface area contributed by atoms with E-state index in [0.717, 1.165) is 28.0 Å². The van der Waals surface area contributed by atoms with Gasteiger partial charge in [-0.1, -0.05) is 12.1 Å². The molecule has 0 spiro atoms. The topological polar surface area (TPSA) is 69.2 Å². The summed E-state index contributed by atoms with van der Waals surface area (Å²) in [5.74, 6) is 1.13.